The third-order valence-electron chi connectivity index (χ3n) is 13.4. The van der Waals surface area contributed by atoms with Crippen LogP contribution in [0.5, 0.6) is 0 Å². The molecule has 0 aliphatic heterocycles. The SMILES string of the molecule is c1ccc(-c2ccccc2-c2ccc(N(c3ccc(-c4ccc5c6ccc7ccccc7c6n(-c6ccccc6)c5c4)cc3)c3ccc(-c4cccc5sc6ccccc6c45)cc3)cc2)cc1. The fourth-order valence-electron chi connectivity index (χ4n) is 10.3. The van der Waals surface area contributed by atoms with Crippen LogP contribution >= 0.6 is 11.3 Å². The molecule has 13 aromatic rings. The zero-order chi connectivity index (χ0) is 44.3. The van der Waals surface area contributed by atoms with Crippen molar-refractivity contribution in [2.24, 2.45) is 0 Å². The van der Waals surface area contributed by atoms with Crippen LogP contribution in [0.1, 0.15) is 0 Å². The first-order chi connectivity index (χ1) is 33.2. The van der Waals surface area contributed by atoms with E-state index >= 15 is 0 Å². The number of hydrogen-bond acceptors (Lipinski definition) is 2. The summed E-state index contributed by atoms with van der Waals surface area (Å²) in [6.07, 6.45) is 0. The van der Waals surface area contributed by atoms with Gasteiger partial charge in [0.2, 0.25) is 0 Å². The number of fused-ring (bicyclic) bond motifs is 8. The summed E-state index contributed by atoms with van der Waals surface area (Å²) in [5, 5.41) is 7.64. The molecule has 2 heterocycles. The van der Waals surface area contributed by atoms with E-state index in [2.05, 4.69) is 264 Å². The molecule has 0 unspecified atom stereocenters. The maximum Gasteiger partial charge on any atom is 0.0619 e. The minimum Gasteiger partial charge on any atom is -0.311 e. The van der Waals surface area contributed by atoms with Crippen molar-refractivity contribution in [2.45, 2.75) is 0 Å². The maximum absolute atomic E-state index is 2.44. The Balaban J connectivity index is 0.915. The summed E-state index contributed by atoms with van der Waals surface area (Å²) in [5.74, 6) is 0. The van der Waals surface area contributed by atoms with Crippen molar-refractivity contribution in [3.8, 4) is 50.2 Å². The van der Waals surface area contributed by atoms with Gasteiger partial charge in [-0.1, -0.05) is 188 Å². The minimum absolute atomic E-state index is 1.09. The highest BCUT2D eigenvalue weighted by atomic mass is 32.1. The van der Waals surface area contributed by atoms with Gasteiger partial charge in [0.1, 0.15) is 0 Å². The van der Waals surface area contributed by atoms with Crippen molar-refractivity contribution < 1.29 is 0 Å². The van der Waals surface area contributed by atoms with Crippen LogP contribution in [0.4, 0.5) is 17.1 Å². The van der Waals surface area contributed by atoms with Crippen LogP contribution in [0, 0.1) is 0 Å². The Labute approximate surface area is 393 Å². The molecule has 0 bridgehead atoms. The largest absolute Gasteiger partial charge is 0.311 e. The van der Waals surface area contributed by atoms with E-state index in [1.807, 2.05) is 11.3 Å². The number of nitrogens with zero attached hydrogens (tertiary/aromatic N) is 2. The number of anilines is 3. The van der Waals surface area contributed by atoms with Gasteiger partial charge in [-0.25, -0.2) is 0 Å². The number of aromatic nitrogens is 1. The van der Waals surface area contributed by atoms with Gasteiger partial charge in [0.25, 0.3) is 0 Å². The van der Waals surface area contributed by atoms with Crippen LogP contribution in [0.2, 0.25) is 0 Å². The summed E-state index contributed by atoms with van der Waals surface area (Å²) in [5.41, 5.74) is 16.5. The third-order valence-corrected chi connectivity index (χ3v) is 14.5. The Hall–Kier alpha value is -8.50. The lowest BCUT2D eigenvalue weighted by Gasteiger charge is -2.26. The molecule has 11 aromatic carbocycles. The van der Waals surface area contributed by atoms with E-state index < -0.39 is 0 Å². The molecule has 2 aromatic heterocycles. The highest BCUT2D eigenvalue weighted by Gasteiger charge is 2.19. The number of thiophene rings is 1. The number of hydrogen-bond donors (Lipinski definition) is 0. The molecule has 0 radical (unpaired) electrons. The van der Waals surface area contributed by atoms with Crippen LogP contribution in [-0.2, 0) is 0 Å². The van der Waals surface area contributed by atoms with Crippen LogP contribution in [0.25, 0.3) is 103 Å². The molecule has 0 saturated carbocycles. The Morgan fingerprint density at radius 3 is 1.52 bits per heavy atom. The van der Waals surface area contributed by atoms with E-state index in [9.17, 15) is 0 Å². The van der Waals surface area contributed by atoms with E-state index in [1.54, 1.807) is 0 Å². The van der Waals surface area contributed by atoms with Gasteiger partial charge < -0.3 is 9.47 Å². The Morgan fingerprint density at radius 2 is 0.821 bits per heavy atom. The van der Waals surface area contributed by atoms with Gasteiger partial charge in [-0.2, -0.15) is 0 Å². The molecular weight excluding hydrogens is 829 g/mol. The molecule has 0 fully saturated rings. The highest BCUT2D eigenvalue weighted by Crippen LogP contribution is 2.44. The van der Waals surface area contributed by atoms with E-state index in [0.29, 0.717) is 0 Å². The summed E-state index contributed by atoms with van der Waals surface area (Å²) in [4.78, 5) is 2.38. The van der Waals surface area contributed by atoms with Gasteiger partial charge in [-0.15, -0.1) is 11.3 Å². The zero-order valence-electron chi connectivity index (χ0n) is 36.6. The molecule has 0 N–H and O–H groups in total. The predicted octanol–water partition coefficient (Wildman–Crippen LogP) is 18.4. The Kier molecular flexibility index (Phi) is 9.40. The fourth-order valence-corrected chi connectivity index (χ4v) is 11.4. The van der Waals surface area contributed by atoms with Crippen LogP contribution in [-0.4, -0.2) is 4.57 Å². The quantitative estimate of drug-likeness (QED) is 0.148. The maximum atomic E-state index is 2.44. The molecule has 314 valence electrons. The highest BCUT2D eigenvalue weighted by molar-refractivity contribution is 7.25. The molecule has 0 atom stereocenters. The zero-order valence-corrected chi connectivity index (χ0v) is 37.4. The number of benzene rings is 11. The molecule has 67 heavy (non-hydrogen) atoms. The van der Waals surface area contributed by atoms with E-state index in [4.69, 9.17) is 0 Å². The molecule has 3 heteroatoms. The van der Waals surface area contributed by atoms with E-state index in [-0.39, 0.29) is 0 Å². The fraction of sp³-hybridized carbons (Fsp3) is 0. The van der Waals surface area contributed by atoms with Gasteiger partial charge in [0, 0.05) is 59.1 Å². The van der Waals surface area contributed by atoms with Crippen LogP contribution in [0.15, 0.2) is 255 Å². The van der Waals surface area contributed by atoms with E-state index in [1.165, 1.54) is 97.3 Å². The summed E-state index contributed by atoms with van der Waals surface area (Å²) < 4.78 is 5.07. The number of para-hydroxylation sites is 1. The predicted molar refractivity (Wildman–Crippen MR) is 288 cm³/mol. The second kappa shape index (κ2) is 16.2. The van der Waals surface area contributed by atoms with Gasteiger partial charge >= 0.3 is 0 Å². The Bertz CT molecular complexity index is 3940. The van der Waals surface area contributed by atoms with Crippen molar-refractivity contribution in [1.29, 1.82) is 0 Å². The molecule has 0 aliphatic carbocycles. The molecule has 13 rings (SSSR count). The minimum atomic E-state index is 1.09. The van der Waals surface area contributed by atoms with Gasteiger partial charge in [0.05, 0.1) is 11.0 Å². The number of rotatable bonds is 8. The smallest absolute Gasteiger partial charge is 0.0619 e. The van der Waals surface area contributed by atoms with Crippen molar-refractivity contribution >= 4 is 81.1 Å². The first-order valence-electron chi connectivity index (χ1n) is 22.9. The van der Waals surface area contributed by atoms with Crippen molar-refractivity contribution in [3.05, 3.63) is 255 Å². The topological polar surface area (TPSA) is 8.17 Å². The lowest BCUT2D eigenvalue weighted by molar-refractivity contribution is 1.19. The second-order valence-corrected chi connectivity index (χ2v) is 18.3. The second-order valence-electron chi connectivity index (χ2n) is 17.3. The molecule has 0 amide bonds. The van der Waals surface area contributed by atoms with E-state index in [0.717, 1.165) is 22.7 Å². The van der Waals surface area contributed by atoms with Gasteiger partial charge in [-0.05, 0) is 117 Å². The van der Waals surface area contributed by atoms with Crippen LogP contribution < -0.4 is 4.90 Å². The first kappa shape index (κ1) is 38.9. The summed E-state index contributed by atoms with van der Waals surface area (Å²) in [6.45, 7) is 0. The standard InChI is InChI=1S/C64H42N2S/c1-3-14-44(15-4-1)53-19-9-10-20-54(53)46-28-36-51(37-29-46)65(52-38-30-47(31-39-52)55-23-13-25-62-63(55)59-22-11-12-24-61(59)67-62)50-34-26-43(27-35-50)48-33-40-57-58-41-32-45-16-7-8-21-56(45)64(58)66(60(57)42-48)49-17-5-2-6-18-49/h1-42H. The lowest BCUT2D eigenvalue weighted by Crippen LogP contribution is -2.09. The van der Waals surface area contributed by atoms with Crippen molar-refractivity contribution in [2.75, 3.05) is 4.90 Å². The lowest BCUT2D eigenvalue weighted by atomic mass is 9.94. The third kappa shape index (κ3) is 6.71. The summed E-state index contributed by atoms with van der Waals surface area (Å²) in [7, 11) is 0. The monoisotopic (exact) mass is 870 g/mol. The summed E-state index contributed by atoms with van der Waals surface area (Å²) >= 11 is 1.86. The first-order valence-corrected chi connectivity index (χ1v) is 23.7. The normalized spacial score (nSPS) is 11.6. The van der Waals surface area contributed by atoms with Crippen molar-refractivity contribution in [1.82, 2.24) is 4.57 Å². The van der Waals surface area contributed by atoms with Crippen molar-refractivity contribution in [3.63, 3.8) is 0 Å². The van der Waals surface area contributed by atoms with Gasteiger partial charge in [-0.3, -0.25) is 0 Å². The average Bonchev–Trinajstić information content (AvgIpc) is 3.96. The molecule has 2 nitrogen and oxygen atoms in total. The molecular formula is C64H42N2S. The average molecular weight is 871 g/mol. The molecule has 0 spiro atoms. The van der Waals surface area contributed by atoms with Crippen LogP contribution in [0.3, 0.4) is 0 Å². The molecule has 0 saturated heterocycles. The Morgan fingerprint density at radius 1 is 0.313 bits per heavy atom. The molecule has 0 aliphatic rings. The van der Waals surface area contributed by atoms with Gasteiger partial charge in [0.15, 0.2) is 0 Å². The summed E-state index contributed by atoms with van der Waals surface area (Å²) in [6, 6.07) is 93.0.